The minimum Gasteiger partial charge on any atom is -0.460 e. The molecule has 29 heavy (non-hydrogen) atoms. The number of ether oxygens (including phenoxy) is 1. The molecular weight excluding hydrogens is 444 g/mol. The van der Waals surface area contributed by atoms with Crippen LogP contribution in [0.25, 0.3) is 0 Å². The van der Waals surface area contributed by atoms with Crippen LogP contribution in [0.4, 0.5) is 52.7 Å². The lowest BCUT2D eigenvalue weighted by Crippen LogP contribution is -2.68. The molecule has 0 aliphatic rings. The molecule has 0 aliphatic carbocycles. The van der Waals surface area contributed by atoms with Crippen molar-refractivity contribution in [1.29, 1.82) is 0 Å². The summed E-state index contributed by atoms with van der Waals surface area (Å²) in [4.78, 5) is 10.7. The molecule has 0 aromatic rings. The minimum atomic E-state index is -7.57. The lowest BCUT2D eigenvalue weighted by Gasteiger charge is -2.39. The third-order valence-corrected chi connectivity index (χ3v) is 3.55. The third kappa shape index (κ3) is 5.28. The Morgan fingerprint density at radius 3 is 1.83 bits per heavy atom. The lowest BCUT2D eigenvalue weighted by molar-refractivity contribution is -0.413. The summed E-state index contributed by atoms with van der Waals surface area (Å²) < 4.78 is 160. The van der Waals surface area contributed by atoms with Gasteiger partial charge in [-0.15, -0.1) is 0 Å². The number of alkyl halides is 12. The van der Waals surface area contributed by atoms with Crippen LogP contribution < -0.4 is 0 Å². The van der Waals surface area contributed by atoms with Crippen molar-refractivity contribution in [3.8, 4) is 0 Å². The highest BCUT2D eigenvalue weighted by Crippen LogP contribution is 2.58. The molecule has 3 nitrogen and oxygen atoms in total. The summed E-state index contributed by atoms with van der Waals surface area (Å²) >= 11 is 0. The van der Waals surface area contributed by atoms with E-state index < -0.39 is 74.0 Å². The van der Waals surface area contributed by atoms with E-state index >= 15 is 0 Å². The summed E-state index contributed by atoms with van der Waals surface area (Å²) in [5, 5.41) is 9.26. The predicted molar refractivity (Wildman–Crippen MR) is 71.8 cm³/mol. The zero-order valence-electron chi connectivity index (χ0n) is 14.1. The van der Waals surface area contributed by atoms with Crippen molar-refractivity contribution >= 4 is 5.97 Å². The van der Waals surface area contributed by atoms with E-state index in [0.717, 1.165) is 0 Å². The molecule has 0 saturated heterocycles. The first-order valence-electron chi connectivity index (χ1n) is 7.44. The number of aliphatic hydroxyl groups is 1. The van der Waals surface area contributed by atoms with Crippen molar-refractivity contribution in [3.63, 3.8) is 0 Å². The summed E-state index contributed by atoms with van der Waals surface area (Å²) in [5.74, 6) is -36.4. The van der Waals surface area contributed by atoms with Gasteiger partial charge in [-0.3, -0.25) is 0 Å². The first-order valence-corrected chi connectivity index (χ1v) is 7.44. The van der Waals surface area contributed by atoms with Gasteiger partial charge in [0.25, 0.3) is 0 Å². The number of esters is 1. The number of halogens is 12. The van der Waals surface area contributed by atoms with Gasteiger partial charge in [0, 0.05) is 12.5 Å². The number of rotatable bonds is 12. The van der Waals surface area contributed by atoms with Crippen molar-refractivity contribution in [2.75, 3.05) is 6.61 Å². The fraction of sp³-hybridized carbons (Fsp3) is 0.786. The summed E-state index contributed by atoms with van der Waals surface area (Å²) in [7, 11) is 0. The van der Waals surface area contributed by atoms with Crippen LogP contribution in [0.5, 0.6) is 0 Å². The molecular formula is C14H14F12O3. The van der Waals surface area contributed by atoms with E-state index in [2.05, 4.69) is 11.3 Å². The van der Waals surface area contributed by atoms with Gasteiger partial charge >= 0.3 is 42.0 Å². The first-order chi connectivity index (χ1) is 12.8. The Hall–Kier alpha value is -1.67. The Labute approximate surface area is 155 Å². The monoisotopic (exact) mass is 458 g/mol. The average Bonchev–Trinajstić information content (AvgIpc) is 2.58. The van der Waals surface area contributed by atoms with Crippen LogP contribution in [0.2, 0.25) is 0 Å². The molecule has 0 radical (unpaired) electrons. The van der Waals surface area contributed by atoms with Gasteiger partial charge < -0.3 is 9.84 Å². The molecule has 0 saturated carbocycles. The Bertz CT molecular complexity index is 576. The van der Waals surface area contributed by atoms with E-state index in [1.807, 2.05) is 0 Å². The van der Waals surface area contributed by atoms with Crippen LogP contribution in [-0.4, -0.2) is 59.8 Å². The van der Waals surface area contributed by atoms with Gasteiger partial charge in [0.05, 0.1) is 6.10 Å². The summed E-state index contributed by atoms with van der Waals surface area (Å²) in [6, 6.07) is 0. The van der Waals surface area contributed by atoms with Crippen LogP contribution in [0, 0.1) is 0 Å². The maximum atomic E-state index is 13.5. The van der Waals surface area contributed by atoms with Gasteiger partial charge in [0.1, 0.15) is 6.61 Å². The van der Waals surface area contributed by atoms with Crippen LogP contribution in [-0.2, 0) is 9.53 Å². The summed E-state index contributed by atoms with van der Waals surface area (Å²) in [6.07, 6.45) is -11.1. The molecule has 0 bridgehead atoms. The number of hydrogen-bond acceptors (Lipinski definition) is 3. The van der Waals surface area contributed by atoms with Crippen LogP contribution in [0.15, 0.2) is 12.7 Å². The van der Waals surface area contributed by atoms with Gasteiger partial charge in [0.2, 0.25) is 0 Å². The maximum absolute atomic E-state index is 13.5. The molecule has 1 unspecified atom stereocenters. The molecule has 0 rings (SSSR count). The van der Waals surface area contributed by atoms with Crippen molar-refractivity contribution < 1.29 is 67.3 Å². The van der Waals surface area contributed by atoms with Crippen molar-refractivity contribution in [2.24, 2.45) is 0 Å². The SMILES string of the molecule is C=CC(=O)OCC(O)CCCC(F)(F)C(F)(F)C(F)(F)C(F)(F)C(F)(F)C(F)F. The second-order valence-corrected chi connectivity index (χ2v) is 5.73. The molecule has 1 atom stereocenters. The van der Waals surface area contributed by atoms with E-state index in [1.165, 1.54) is 0 Å². The lowest BCUT2D eigenvalue weighted by atomic mass is 9.92. The van der Waals surface area contributed by atoms with E-state index in [4.69, 9.17) is 0 Å². The molecule has 0 fully saturated rings. The number of carbonyl (C=O) groups excluding carboxylic acids is 1. The molecule has 0 aromatic carbocycles. The summed E-state index contributed by atoms with van der Waals surface area (Å²) in [6.45, 7) is 2.11. The van der Waals surface area contributed by atoms with Gasteiger partial charge in [-0.1, -0.05) is 6.58 Å². The molecule has 0 heterocycles. The van der Waals surface area contributed by atoms with E-state index in [0.29, 0.717) is 6.08 Å². The Morgan fingerprint density at radius 1 is 0.931 bits per heavy atom. The van der Waals surface area contributed by atoms with Crippen molar-refractivity contribution in [3.05, 3.63) is 12.7 Å². The van der Waals surface area contributed by atoms with Gasteiger partial charge in [-0.05, 0) is 12.8 Å². The summed E-state index contributed by atoms with van der Waals surface area (Å²) in [5.41, 5.74) is 0. The molecule has 0 spiro atoms. The highest BCUT2D eigenvalue weighted by atomic mass is 19.4. The minimum absolute atomic E-state index is 0.638. The maximum Gasteiger partial charge on any atom is 0.384 e. The standard InChI is InChI=1S/C14H14F12O3/c1-2-8(28)29-6-7(27)4-3-5-10(17,18)12(21,22)14(25,26)13(23,24)11(19,20)9(15)16/h2,7,9,27H,1,3-6H2. The Kier molecular flexibility index (Phi) is 8.48. The molecule has 15 heteroatoms. The van der Waals surface area contributed by atoms with Gasteiger partial charge in [0.15, 0.2) is 0 Å². The van der Waals surface area contributed by atoms with E-state index in [9.17, 15) is 62.6 Å². The van der Waals surface area contributed by atoms with Gasteiger partial charge in [-0.2, -0.15) is 43.9 Å². The smallest absolute Gasteiger partial charge is 0.384 e. The van der Waals surface area contributed by atoms with Crippen LogP contribution >= 0.6 is 0 Å². The van der Waals surface area contributed by atoms with Crippen LogP contribution in [0.1, 0.15) is 19.3 Å². The fourth-order valence-electron chi connectivity index (χ4n) is 1.81. The van der Waals surface area contributed by atoms with Crippen molar-refractivity contribution in [1.82, 2.24) is 0 Å². The normalized spacial score (nSPS) is 15.4. The first kappa shape index (κ1) is 27.3. The fourth-order valence-corrected chi connectivity index (χ4v) is 1.81. The second kappa shape index (κ2) is 9.00. The van der Waals surface area contributed by atoms with Crippen LogP contribution in [0.3, 0.4) is 0 Å². The third-order valence-electron chi connectivity index (χ3n) is 3.55. The average molecular weight is 458 g/mol. The quantitative estimate of drug-likeness (QED) is 0.262. The zero-order valence-corrected chi connectivity index (χ0v) is 14.1. The zero-order chi connectivity index (χ0) is 23.5. The molecule has 0 aromatic heterocycles. The van der Waals surface area contributed by atoms with E-state index in [1.54, 1.807) is 0 Å². The number of carbonyl (C=O) groups is 1. The molecule has 0 amide bonds. The van der Waals surface area contributed by atoms with Gasteiger partial charge in [-0.25, -0.2) is 13.6 Å². The Morgan fingerprint density at radius 2 is 1.41 bits per heavy atom. The predicted octanol–water partition coefficient (Wildman–Crippen LogP) is 4.69. The number of aliphatic hydroxyl groups excluding tert-OH is 1. The highest BCUT2D eigenvalue weighted by Gasteiger charge is 2.87. The second-order valence-electron chi connectivity index (χ2n) is 5.73. The highest BCUT2D eigenvalue weighted by molar-refractivity contribution is 5.81. The molecule has 0 aliphatic heterocycles. The Balaban J connectivity index is 5.33. The molecule has 172 valence electrons. The van der Waals surface area contributed by atoms with E-state index in [-0.39, 0.29) is 0 Å². The number of hydrogen-bond donors (Lipinski definition) is 1. The topological polar surface area (TPSA) is 46.5 Å². The van der Waals surface area contributed by atoms with Crippen molar-refractivity contribution in [2.45, 2.75) is 61.4 Å². The largest absolute Gasteiger partial charge is 0.460 e. The molecule has 1 N–H and O–H groups in total.